The summed E-state index contributed by atoms with van der Waals surface area (Å²) < 4.78 is 0. The van der Waals surface area contributed by atoms with Gasteiger partial charge in [0.2, 0.25) is 0 Å². The molecule has 0 spiro atoms. The van der Waals surface area contributed by atoms with Gasteiger partial charge >= 0.3 is 21.1 Å². The molecule has 0 unspecified atom stereocenters. The Kier molecular flexibility index (Phi) is 9.60. The third-order valence-electron chi connectivity index (χ3n) is 2.52. The van der Waals surface area contributed by atoms with Crippen LogP contribution in [0.3, 0.4) is 0 Å². The molecule has 17 heavy (non-hydrogen) atoms. The van der Waals surface area contributed by atoms with E-state index in [1.165, 1.54) is 5.56 Å². The van der Waals surface area contributed by atoms with Gasteiger partial charge in [-0.25, -0.2) is 12.1 Å². The van der Waals surface area contributed by atoms with Crippen molar-refractivity contribution >= 4 is 11.5 Å². The van der Waals surface area contributed by atoms with Crippen molar-refractivity contribution in [2.24, 2.45) is 0 Å². The molecule has 0 atom stereocenters. The Morgan fingerprint density at radius 3 is 2.35 bits per heavy atom. The largest absolute Gasteiger partial charge is 2.00 e. The number of hydrogen-bond acceptors (Lipinski definition) is 1. The zero-order chi connectivity index (χ0) is 11.6. The first kappa shape index (κ1) is 19.6. The van der Waals surface area contributed by atoms with Crippen molar-refractivity contribution in [1.82, 2.24) is 0 Å². The van der Waals surface area contributed by atoms with Gasteiger partial charge in [0.25, 0.3) is 5.97 Å². The smallest absolute Gasteiger partial charge is 0.482 e. The van der Waals surface area contributed by atoms with E-state index in [-0.39, 0.29) is 60.2 Å². The SMILES string of the molecule is [CH-]=C(CC(=O)O)c1[c-]c(C)c(C)c(C)c1.[W+2].[Y]. The van der Waals surface area contributed by atoms with Gasteiger partial charge in [-0.2, -0.15) is 5.56 Å². The average Bonchev–Trinajstić information content (AvgIpc) is 2.12. The predicted octanol–water partition coefficient (Wildman–Crippen LogP) is 2.70. The Hall–Kier alpha value is 0.222. The van der Waals surface area contributed by atoms with Crippen molar-refractivity contribution in [1.29, 1.82) is 0 Å². The molecular formula is C13H14O2WY. The van der Waals surface area contributed by atoms with Crippen LogP contribution in [-0.4, -0.2) is 11.1 Å². The number of rotatable bonds is 3. The molecule has 0 bridgehead atoms. The van der Waals surface area contributed by atoms with Gasteiger partial charge in [-0.05, 0) is 0 Å². The molecule has 0 saturated carbocycles. The van der Waals surface area contributed by atoms with Crippen LogP contribution in [0.25, 0.3) is 5.57 Å². The second kappa shape index (κ2) is 8.35. The van der Waals surface area contributed by atoms with Crippen LogP contribution in [0, 0.1) is 33.4 Å². The summed E-state index contributed by atoms with van der Waals surface area (Å²) in [6.45, 7) is 11.6. The van der Waals surface area contributed by atoms with Crippen molar-refractivity contribution < 1.29 is 63.7 Å². The minimum Gasteiger partial charge on any atom is -0.482 e. The molecule has 0 aliphatic rings. The van der Waals surface area contributed by atoms with Gasteiger partial charge in [-0.15, -0.1) is 11.1 Å². The van der Waals surface area contributed by atoms with Crippen LogP contribution in [-0.2, 0) is 58.6 Å². The summed E-state index contributed by atoms with van der Waals surface area (Å²) in [5, 5.41) is 8.62. The van der Waals surface area contributed by atoms with Gasteiger partial charge in [0.15, 0.2) is 0 Å². The summed E-state index contributed by atoms with van der Waals surface area (Å²) in [6, 6.07) is 4.97. The Bertz CT molecular complexity index is 404. The van der Waals surface area contributed by atoms with E-state index in [1.807, 2.05) is 26.8 Å². The summed E-state index contributed by atoms with van der Waals surface area (Å²) in [7, 11) is 0. The number of carboxylic acids is 1. The maximum absolute atomic E-state index is 10.5. The normalized spacial score (nSPS) is 8.88. The number of aliphatic carboxylic acids is 1. The first-order valence-corrected chi connectivity index (χ1v) is 4.75. The fraction of sp³-hybridized carbons (Fsp3) is 0.308. The van der Waals surface area contributed by atoms with E-state index in [2.05, 4.69) is 6.07 Å². The van der Waals surface area contributed by atoms with Gasteiger partial charge < -0.3 is 17.2 Å². The third-order valence-corrected chi connectivity index (χ3v) is 2.52. The van der Waals surface area contributed by atoms with Crippen LogP contribution in [0.2, 0.25) is 0 Å². The Balaban J connectivity index is 0. The molecule has 87 valence electrons. The molecule has 2 nitrogen and oxygen atoms in total. The van der Waals surface area contributed by atoms with E-state index < -0.39 is 5.97 Å². The summed E-state index contributed by atoms with van der Waals surface area (Å²) in [6.07, 6.45) is -0.140. The number of carboxylic acid groups (broad SMARTS) is 1. The van der Waals surface area contributed by atoms with E-state index in [1.54, 1.807) is 0 Å². The topological polar surface area (TPSA) is 37.3 Å². The fourth-order valence-electron chi connectivity index (χ4n) is 1.38. The average molecular weight is 475 g/mol. The maximum Gasteiger partial charge on any atom is 2.00 e. The van der Waals surface area contributed by atoms with Crippen molar-refractivity contribution in [2.75, 3.05) is 0 Å². The quantitative estimate of drug-likeness (QED) is 0.684. The molecule has 0 saturated heterocycles. The molecular weight excluding hydrogens is 461 g/mol. The molecule has 1 aromatic carbocycles. The van der Waals surface area contributed by atoms with E-state index >= 15 is 0 Å². The van der Waals surface area contributed by atoms with E-state index in [4.69, 9.17) is 11.7 Å². The second-order valence-corrected chi connectivity index (χ2v) is 3.71. The van der Waals surface area contributed by atoms with Gasteiger partial charge in [0.05, 0.1) is 0 Å². The minimum atomic E-state index is -0.920. The summed E-state index contributed by atoms with van der Waals surface area (Å²) >= 11 is 0. The van der Waals surface area contributed by atoms with Crippen LogP contribution in [0.4, 0.5) is 0 Å². The fourth-order valence-corrected chi connectivity index (χ4v) is 1.38. The molecule has 1 N–H and O–H groups in total. The van der Waals surface area contributed by atoms with Gasteiger partial charge in [0.1, 0.15) is 0 Å². The molecule has 0 aromatic heterocycles. The monoisotopic (exact) mass is 475 g/mol. The van der Waals surface area contributed by atoms with E-state index in [0.29, 0.717) is 11.1 Å². The number of aryl methyl sites for hydroxylation is 2. The minimum absolute atomic E-state index is 0. The number of hydrogen-bond donors (Lipinski definition) is 1. The molecule has 0 fully saturated rings. The standard InChI is InChI=1S/C13H14O2.W.Y/c1-8-5-12(6-9(2)11(8)4)10(3)7-13(14)15;;/h3,5H,7H2,1-2,4H3,(H,14,15);;/q-2;+2;. The van der Waals surface area contributed by atoms with Gasteiger partial charge in [-0.1, -0.05) is 20.8 Å². The van der Waals surface area contributed by atoms with E-state index in [0.717, 1.165) is 11.1 Å². The molecule has 0 aliphatic heterocycles. The first-order valence-electron chi connectivity index (χ1n) is 4.75. The van der Waals surface area contributed by atoms with Gasteiger partial charge in [-0.3, -0.25) is 10.4 Å². The molecule has 1 aromatic rings. The van der Waals surface area contributed by atoms with Gasteiger partial charge in [0, 0.05) is 39.1 Å². The number of carbonyl (C=O) groups is 1. The predicted molar refractivity (Wildman–Crippen MR) is 59.4 cm³/mol. The summed E-state index contributed by atoms with van der Waals surface area (Å²) in [5.41, 5.74) is 4.33. The molecule has 1 rings (SSSR count). The molecule has 0 amide bonds. The molecule has 0 aliphatic carbocycles. The molecule has 0 heterocycles. The third kappa shape index (κ3) is 5.59. The van der Waals surface area contributed by atoms with Crippen LogP contribution in [0.5, 0.6) is 0 Å². The Labute approximate surface area is 142 Å². The van der Waals surface area contributed by atoms with Crippen LogP contribution in [0.1, 0.15) is 28.7 Å². The summed E-state index contributed by atoms with van der Waals surface area (Å²) in [4.78, 5) is 10.5. The Morgan fingerprint density at radius 2 is 1.94 bits per heavy atom. The van der Waals surface area contributed by atoms with E-state index in [9.17, 15) is 4.79 Å². The van der Waals surface area contributed by atoms with Crippen molar-refractivity contribution in [2.45, 2.75) is 27.2 Å². The van der Waals surface area contributed by atoms with Crippen LogP contribution in [0.15, 0.2) is 6.07 Å². The number of benzene rings is 1. The maximum atomic E-state index is 10.5. The molecule has 1 radical (unpaired) electrons. The van der Waals surface area contributed by atoms with Crippen LogP contribution >= 0.6 is 0 Å². The Morgan fingerprint density at radius 1 is 1.41 bits per heavy atom. The zero-order valence-electron chi connectivity index (χ0n) is 10.2. The van der Waals surface area contributed by atoms with Crippen molar-refractivity contribution in [3.8, 4) is 0 Å². The van der Waals surface area contributed by atoms with Crippen molar-refractivity contribution in [3.63, 3.8) is 0 Å². The van der Waals surface area contributed by atoms with Crippen LogP contribution < -0.4 is 0 Å². The zero-order valence-corrected chi connectivity index (χ0v) is 16.0. The first-order chi connectivity index (χ1) is 6.91. The summed E-state index contributed by atoms with van der Waals surface area (Å²) in [5.74, 6) is -0.920. The van der Waals surface area contributed by atoms with Crippen molar-refractivity contribution in [3.05, 3.63) is 41.0 Å². The molecule has 4 heteroatoms. The second-order valence-electron chi connectivity index (χ2n) is 3.71.